The highest BCUT2D eigenvalue weighted by Gasteiger charge is 2.28. The van der Waals surface area contributed by atoms with Gasteiger partial charge in [0.15, 0.2) is 0 Å². The molecule has 47 heavy (non-hydrogen) atoms. The Morgan fingerprint density at radius 1 is 0.340 bits per heavy atom. The zero-order valence-corrected chi connectivity index (χ0v) is 28.5. The topological polar surface area (TPSA) is 6.48 Å². The fourth-order valence-corrected chi connectivity index (χ4v) is 8.04. The van der Waals surface area contributed by atoms with Crippen LogP contribution >= 0.6 is 11.8 Å². The third-order valence-electron chi connectivity index (χ3n) is 9.23. The van der Waals surface area contributed by atoms with Crippen molar-refractivity contribution in [2.45, 2.75) is 51.0 Å². The second kappa shape index (κ2) is 13.6. The standard InChI is InChI=1S/C44H42N2S/c1-31-5-17-37(18-6-31)45(38-19-7-32(2)8-20-38)41-25-13-35(14-26-41)43-29-30-44(47-43)36-15-27-42(28-16-36)46(39-21-9-33(3)10-22-39)40-23-11-34(4)12-24-40/h5-28,43-44H,29-30H2,1-4H3. The van der Waals surface area contributed by atoms with Crippen molar-refractivity contribution >= 4 is 45.9 Å². The number of anilines is 6. The van der Waals surface area contributed by atoms with Gasteiger partial charge in [0.25, 0.3) is 0 Å². The van der Waals surface area contributed by atoms with E-state index in [9.17, 15) is 0 Å². The molecule has 6 aromatic rings. The third-order valence-corrected chi connectivity index (χ3v) is 10.9. The number of aryl methyl sites for hydroxylation is 4. The molecule has 1 fully saturated rings. The first-order valence-corrected chi connectivity index (χ1v) is 17.6. The van der Waals surface area contributed by atoms with Gasteiger partial charge in [-0.05, 0) is 124 Å². The van der Waals surface area contributed by atoms with Crippen LogP contribution in [0, 0.1) is 27.7 Å². The van der Waals surface area contributed by atoms with Crippen molar-refractivity contribution in [3.05, 3.63) is 179 Å². The lowest BCUT2D eigenvalue weighted by atomic mass is 10.0. The molecule has 1 aliphatic heterocycles. The number of benzene rings is 6. The van der Waals surface area contributed by atoms with Crippen LogP contribution in [-0.4, -0.2) is 0 Å². The van der Waals surface area contributed by atoms with Crippen LogP contribution in [0.15, 0.2) is 146 Å². The van der Waals surface area contributed by atoms with Gasteiger partial charge in [-0.3, -0.25) is 0 Å². The monoisotopic (exact) mass is 630 g/mol. The summed E-state index contributed by atoms with van der Waals surface area (Å²) in [6, 6.07) is 53.8. The van der Waals surface area contributed by atoms with Gasteiger partial charge in [0.05, 0.1) is 0 Å². The number of nitrogens with zero attached hydrogens (tertiary/aromatic N) is 2. The number of rotatable bonds is 8. The summed E-state index contributed by atoms with van der Waals surface area (Å²) >= 11 is 2.11. The Labute approximate surface area is 284 Å². The van der Waals surface area contributed by atoms with Crippen molar-refractivity contribution in [3.63, 3.8) is 0 Å². The average molecular weight is 631 g/mol. The molecule has 1 saturated heterocycles. The molecule has 0 N–H and O–H groups in total. The van der Waals surface area contributed by atoms with Crippen LogP contribution in [0.1, 0.15) is 56.7 Å². The Morgan fingerprint density at radius 2 is 0.553 bits per heavy atom. The molecular weight excluding hydrogens is 589 g/mol. The van der Waals surface area contributed by atoms with Gasteiger partial charge in [0.1, 0.15) is 0 Å². The Hall–Kier alpha value is -4.73. The van der Waals surface area contributed by atoms with Gasteiger partial charge in [0, 0.05) is 44.6 Å². The van der Waals surface area contributed by atoms with Crippen molar-refractivity contribution in [1.29, 1.82) is 0 Å². The fraction of sp³-hybridized carbons (Fsp3) is 0.182. The normalized spacial score (nSPS) is 15.8. The van der Waals surface area contributed by atoms with Gasteiger partial charge in [-0.25, -0.2) is 0 Å². The molecule has 0 saturated carbocycles. The summed E-state index contributed by atoms with van der Waals surface area (Å²) < 4.78 is 0. The first kappa shape index (κ1) is 30.9. The Morgan fingerprint density at radius 3 is 0.787 bits per heavy atom. The van der Waals surface area contributed by atoms with Crippen molar-refractivity contribution in [2.24, 2.45) is 0 Å². The maximum absolute atomic E-state index is 2.35. The minimum atomic E-state index is 0.498. The van der Waals surface area contributed by atoms with Crippen molar-refractivity contribution in [2.75, 3.05) is 9.80 Å². The number of thioether (sulfide) groups is 1. The quantitative estimate of drug-likeness (QED) is 0.165. The molecule has 1 heterocycles. The molecule has 2 atom stereocenters. The lowest BCUT2D eigenvalue weighted by Crippen LogP contribution is -2.10. The molecule has 6 aromatic carbocycles. The highest BCUT2D eigenvalue weighted by atomic mass is 32.2. The van der Waals surface area contributed by atoms with Gasteiger partial charge in [-0.15, -0.1) is 11.8 Å². The van der Waals surface area contributed by atoms with Crippen LogP contribution in [0.25, 0.3) is 0 Å². The maximum Gasteiger partial charge on any atom is 0.0461 e. The molecule has 0 aliphatic carbocycles. The van der Waals surface area contributed by atoms with Crippen LogP contribution in [0.5, 0.6) is 0 Å². The Balaban J connectivity index is 1.09. The maximum atomic E-state index is 2.35. The van der Waals surface area contributed by atoms with Crippen LogP contribution in [0.3, 0.4) is 0 Å². The summed E-state index contributed by atoms with van der Waals surface area (Å²) in [6.45, 7) is 8.56. The average Bonchev–Trinajstić information content (AvgIpc) is 3.60. The van der Waals surface area contributed by atoms with Crippen molar-refractivity contribution in [1.82, 2.24) is 0 Å². The first-order valence-electron chi connectivity index (χ1n) is 16.6. The van der Waals surface area contributed by atoms with E-state index < -0.39 is 0 Å². The van der Waals surface area contributed by atoms with E-state index in [0.29, 0.717) is 10.5 Å². The van der Waals surface area contributed by atoms with Gasteiger partial charge in [0.2, 0.25) is 0 Å². The van der Waals surface area contributed by atoms with Crippen molar-refractivity contribution in [3.8, 4) is 0 Å². The lowest BCUT2D eigenvalue weighted by molar-refractivity contribution is 0.765. The molecular formula is C44H42N2S. The van der Waals surface area contributed by atoms with Crippen LogP contribution in [-0.2, 0) is 0 Å². The molecule has 0 radical (unpaired) electrons. The molecule has 0 spiro atoms. The molecule has 234 valence electrons. The molecule has 7 rings (SSSR count). The third kappa shape index (κ3) is 6.87. The summed E-state index contributed by atoms with van der Waals surface area (Å²) in [6.07, 6.45) is 2.38. The lowest BCUT2D eigenvalue weighted by Gasteiger charge is -2.26. The van der Waals surface area contributed by atoms with Crippen LogP contribution < -0.4 is 9.80 Å². The number of hydrogen-bond donors (Lipinski definition) is 0. The van der Waals surface area contributed by atoms with Crippen LogP contribution in [0.4, 0.5) is 34.1 Å². The zero-order valence-electron chi connectivity index (χ0n) is 27.7. The Bertz CT molecular complexity index is 1670. The highest BCUT2D eigenvalue weighted by molar-refractivity contribution is 8.00. The van der Waals surface area contributed by atoms with Gasteiger partial charge in [-0.2, -0.15) is 0 Å². The summed E-state index contributed by atoms with van der Waals surface area (Å²) in [4.78, 5) is 4.70. The molecule has 1 aliphatic rings. The van der Waals surface area contributed by atoms with E-state index in [2.05, 4.69) is 195 Å². The molecule has 0 amide bonds. The van der Waals surface area contributed by atoms with Crippen LogP contribution in [0.2, 0.25) is 0 Å². The van der Waals surface area contributed by atoms with Crippen molar-refractivity contribution < 1.29 is 0 Å². The van der Waals surface area contributed by atoms with Gasteiger partial charge >= 0.3 is 0 Å². The summed E-state index contributed by atoms with van der Waals surface area (Å²) in [5.41, 5.74) is 15.0. The highest BCUT2D eigenvalue weighted by Crippen LogP contribution is 2.53. The van der Waals surface area contributed by atoms with E-state index in [1.807, 2.05) is 0 Å². The van der Waals surface area contributed by atoms with E-state index in [1.54, 1.807) is 0 Å². The van der Waals surface area contributed by atoms with E-state index in [0.717, 1.165) is 0 Å². The largest absolute Gasteiger partial charge is 0.311 e. The second-order valence-corrected chi connectivity index (χ2v) is 14.3. The molecule has 0 bridgehead atoms. The number of hydrogen-bond acceptors (Lipinski definition) is 3. The van der Waals surface area contributed by atoms with Gasteiger partial charge in [-0.1, -0.05) is 95.1 Å². The summed E-state index contributed by atoms with van der Waals surface area (Å²) in [5.74, 6) is 0. The summed E-state index contributed by atoms with van der Waals surface area (Å²) in [7, 11) is 0. The minimum Gasteiger partial charge on any atom is -0.311 e. The SMILES string of the molecule is Cc1ccc(N(c2ccc(C)cc2)c2ccc(C3CCC(c4ccc(N(c5ccc(C)cc5)c5ccc(C)cc5)cc4)S3)cc2)cc1. The zero-order chi connectivity index (χ0) is 32.3. The van der Waals surface area contributed by atoms with E-state index in [1.165, 1.54) is 80.3 Å². The smallest absolute Gasteiger partial charge is 0.0461 e. The molecule has 2 nitrogen and oxygen atoms in total. The molecule has 2 unspecified atom stereocenters. The summed E-state index contributed by atoms with van der Waals surface area (Å²) in [5, 5.41) is 0.995. The predicted octanol–water partition coefficient (Wildman–Crippen LogP) is 13.2. The van der Waals surface area contributed by atoms with E-state index >= 15 is 0 Å². The second-order valence-electron chi connectivity index (χ2n) is 12.9. The molecule has 0 aromatic heterocycles. The fourth-order valence-electron chi connectivity index (χ4n) is 6.47. The first-order chi connectivity index (χ1) is 22.9. The Kier molecular flexibility index (Phi) is 8.91. The van der Waals surface area contributed by atoms with Gasteiger partial charge < -0.3 is 9.80 Å². The molecule has 3 heteroatoms. The van der Waals surface area contributed by atoms with E-state index in [4.69, 9.17) is 0 Å². The minimum absolute atomic E-state index is 0.498. The van der Waals surface area contributed by atoms with E-state index in [-0.39, 0.29) is 0 Å². The predicted molar refractivity (Wildman–Crippen MR) is 204 cm³/mol.